The van der Waals surface area contributed by atoms with Crippen LogP contribution in [0.5, 0.6) is 0 Å². The average Bonchev–Trinajstić information content (AvgIpc) is 3.18. The summed E-state index contributed by atoms with van der Waals surface area (Å²) in [6.45, 7) is 3.10. The molecule has 2 N–H and O–H groups in total. The third-order valence-corrected chi connectivity index (χ3v) is 5.30. The van der Waals surface area contributed by atoms with E-state index in [1.807, 2.05) is 42.5 Å². The number of likely N-dealkylation sites (tertiary alicyclic amines) is 1. The van der Waals surface area contributed by atoms with E-state index in [1.165, 1.54) is 4.90 Å². The molecule has 1 aliphatic rings. The topological polar surface area (TPSA) is 86.9 Å². The third-order valence-electron chi connectivity index (χ3n) is 5.30. The summed E-state index contributed by atoms with van der Waals surface area (Å²) in [6, 6.07) is 13.4. The number of rotatable bonds is 5. The lowest BCUT2D eigenvalue weighted by atomic mass is 10.0. The molecule has 1 amide bonds. The molecule has 1 atom stereocenters. The molecule has 0 bridgehead atoms. The highest BCUT2D eigenvalue weighted by atomic mass is 16.4. The van der Waals surface area contributed by atoms with Crippen LogP contribution in [0.25, 0.3) is 16.8 Å². The molecule has 1 fully saturated rings. The molecule has 7 nitrogen and oxygen atoms in total. The first-order valence-electron chi connectivity index (χ1n) is 9.92. The van der Waals surface area contributed by atoms with Crippen LogP contribution in [0.3, 0.4) is 0 Å². The molecule has 1 saturated heterocycles. The van der Waals surface area contributed by atoms with Gasteiger partial charge in [-0.1, -0.05) is 31.5 Å². The lowest BCUT2D eigenvalue weighted by Crippen LogP contribution is -2.30. The van der Waals surface area contributed by atoms with E-state index in [9.17, 15) is 9.59 Å². The number of hydrogen-bond acceptors (Lipinski definition) is 4. The first-order valence-corrected chi connectivity index (χ1v) is 9.92. The van der Waals surface area contributed by atoms with E-state index < -0.39 is 6.09 Å². The highest BCUT2D eigenvalue weighted by molar-refractivity contribution is 5.69. The molecule has 0 aliphatic carbocycles. The van der Waals surface area contributed by atoms with Crippen LogP contribution in [0.4, 0.5) is 10.5 Å². The number of amides is 1. The number of nitrogens with zero attached hydrogens (tertiary/aromatic N) is 3. The van der Waals surface area contributed by atoms with Crippen molar-refractivity contribution in [2.24, 2.45) is 0 Å². The molecule has 150 valence electrons. The zero-order valence-electron chi connectivity index (χ0n) is 16.3. The van der Waals surface area contributed by atoms with Gasteiger partial charge in [-0.05, 0) is 42.7 Å². The summed E-state index contributed by atoms with van der Waals surface area (Å²) in [6.07, 6.45) is 3.29. The smallest absolute Gasteiger partial charge is 0.407 e. The predicted octanol–water partition coefficient (Wildman–Crippen LogP) is 3.48. The van der Waals surface area contributed by atoms with Gasteiger partial charge in [0.15, 0.2) is 0 Å². The number of nitrogens with one attached hydrogen (secondary N) is 1. The largest absolute Gasteiger partial charge is 0.465 e. The second-order valence-electron chi connectivity index (χ2n) is 7.35. The van der Waals surface area contributed by atoms with Gasteiger partial charge >= 0.3 is 6.09 Å². The van der Waals surface area contributed by atoms with Crippen molar-refractivity contribution in [3.63, 3.8) is 0 Å². The highest BCUT2D eigenvalue weighted by Crippen LogP contribution is 2.24. The van der Waals surface area contributed by atoms with E-state index in [1.54, 1.807) is 10.6 Å². The molecule has 3 heterocycles. The maximum atomic E-state index is 13.1. The van der Waals surface area contributed by atoms with Crippen molar-refractivity contribution in [2.75, 3.05) is 18.4 Å². The van der Waals surface area contributed by atoms with E-state index in [2.05, 4.69) is 12.2 Å². The Morgan fingerprint density at radius 3 is 2.72 bits per heavy atom. The minimum Gasteiger partial charge on any atom is -0.465 e. The number of aryl methyl sites for hydroxylation is 1. The number of carbonyl (C=O) groups is 1. The van der Waals surface area contributed by atoms with Crippen molar-refractivity contribution < 1.29 is 9.90 Å². The summed E-state index contributed by atoms with van der Waals surface area (Å²) in [5.41, 5.74) is 3.81. The Balaban J connectivity index is 1.63. The van der Waals surface area contributed by atoms with E-state index in [0.29, 0.717) is 24.3 Å². The summed E-state index contributed by atoms with van der Waals surface area (Å²) in [5, 5.41) is 12.5. The van der Waals surface area contributed by atoms with Crippen LogP contribution in [0, 0.1) is 0 Å². The Hall–Kier alpha value is -3.35. The van der Waals surface area contributed by atoms with Gasteiger partial charge in [0.1, 0.15) is 5.65 Å². The van der Waals surface area contributed by atoms with Crippen LogP contribution in [-0.4, -0.2) is 44.6 Å². The Morgan fingerprint density at radius 2 is 2.03 bits per heavy atom. The zero-order valence-corrected chi connectivity index (χ0v) is 16.3. The van der Waals surface area contributed by atoms with Gasteiger partial charge in [-0.3, -0.25) is 9.20 Å². The lowest BCUT2D eigenvalue weighted by molar-refractivity contribution is 0.155. The van der Waals surface area contributed by atoms with Crippen LogP contribution in [0.2, 0.25) is 0 Å². The van der Waals surface area contributed by atoms with Crippen molar-refractivity contribution in [3.8, 4) is 11.1 Å². The van der Waals surface area contributed by atoms with Crippen LogP contribution in [-0.2, 0) is 6.42 Å². The lowest BCUT2D eigenvalue weighted by Gasteiger charge is -2.16. The molecular weight excluding hydrogens is 368 g/mol. The maximum absolute atomic E-state index is 13.1. The number of hydrogen-bond donors (Lipinski definition) is 2. The minimum atomic E-state index is -0.877. The molecule has 1 unspecified atom stereocenters. The Morgan fingerprint density at radius 1 is 1.24 bits per heavy atom. The first kappa shape index (κ1) is 19.0. The minimum absolute atomic E-state index is 0.0624. The second-order valence-corrected chi connectivity index (χ2v) is 7.35. The monoisotopic (exact) mass is 392 g/mol. The van der Waals surface area contributed by atoms with Crippen molar-refractivity contribution in [3.05, 3.63) is 64.7 Å². The summed E-state index contributed by atoms with van der Waals surface area (Å²) in [5.74, 6) is 0. The van der Waals surface area contributed by atoms with Crippen molar-refractivity contribution in [2.45, 2.75) is 32.2 Å². The van der Waals surface area contributed by atoms with E-state index in [0.717, 1.165) is 36.2 Å². The molecule has 0 saturated carbocycles. The van der Waals surface area contributed by atoms with Gasteiger partial charge in [-0.2, -0.15) is 0 Å². The van der Waals surface area contributed by atoms with E-state index in [-0.39, 0.29) is 11.6 Å². The Labute approximate surface area is 168 Å². The molecule has 0 radical (unpaired) electrons. The molecule has 2 aromatic heterocycles. The Kier molecular flexibility index (Phi) is 5.20. The van der Waals surface area contributed by atoms with Gasteiger partial charge in [0.2, 0.25) is 0 Å². The van der Waals surface area contributed by atoms with Crippen molar-refractivity contribution >= 4 is 17.4 Å². The van der Waals surface area contributed by atoms with Gasteiger partial charge in [0, 0.05) is 31.0 Å². The van der Waals surface area contributed by atoms with Gasteiger partial charge in [-0.15, -0.1) is 0 Å². The number of benzene rings is 1. The average molecular weight is 392 g/mol. The number of aromatic nitrogens is 2. The number of anilines is 1. The highest BCUT2D eigenvalue weighted by Gasteiger charge is 2.25. The maximum Gasteiger partial charge on any atom is 0.407 e. The number of pyridine rings is 1. The quantitative estimate of drug-likeness (QED) is 0.694. The fourth-order valence-electron chi connectivity index (χ4n) is 3.86. The van der Waals surface area contributed by atoms with Crippen LogP contribution in [0.15, 0.2) is 53.5 Å². The normalized spacial score (nSPS) is 16.3. The van der Waals surface area contributed by atoms with Crippen LogP contribution < -0.4 is 10.9 Å². The molecule has 0 spiro atoms. The Bertz CT molecular complexity index is 1090. The molecule has 1 aliphatic heterocycles. The van der Waals surface area contributed by atoms with Crippen molar-refractivity contribution in [1.29, 1.82) is 0 Å². The molecule has 29 heavy (non-hydrogen) atoms. The summed E-state index contributed by atoms with van der Waals surface area (Å²) >= 11 is 0. The fraction of sp³-hybridized carbons (Fsp3) is 0.318. The zero-order chi connectivity index (χ0) is 20.4. The molecule has 7 heteroatoms. The second kappa shape index (κ2) is 7.95. The van der Waals surface area contributed by atoms with Gasteiger partial charge in [-0.25, -0.2) is 9.78 Å². The van der Waals surface area contributed by atoms with E-state index >= 15 is 0 Å². The van der Waals surface area contributed by atoms with Crippen molar-refractivity contribution in [1.82, 2.24) is 14.3 Å². The molecule has 4 rings (SSSR count). The SMILES string of the molecule is CCCc1nc2ccccn2c(=O)c1-c1ccc(NC2CCN(C(=O)O)C2)cc1. The van der Waals surface area contributed by atoms with Crippen LogP contribution in [0.1, 0.15) is 25.5 Å². The summed E-state index contributed by atoms with van der Waals surface area (Å²) < 4.78 is 1.58. The van der Waals surface area contributed by atoms with Gasteiger partial charge in [0.25, 0.3) is 5.56 Å². The van der Waals surface area contributed by atoms with Crippen LogP contribution >= 0.6 is 0 Å². The number of carboxylic acid groups (broad SMARTS) is 1. The first-order chi connectivity index (χ1) is 14.1. The van der Waals surface area contributed by atoms with E-state index in [4.69, 9.17) is 10.1 Å². The summed E-state index contributed by atoms with van der Waals surface area (Å²) in [7, 11) is 0. The molecule has 3 aromatic rings. The fourth-order valence-corrected chi connectivity index (χ4v) is 3.86. The summed E-state index contributed by atoms with van der Waals surface area (Å²) in [4.78, 5) is 30.3. The standard InChI is InChI=1S/C22H24N4O3/c1-2-5-18-20(21(27)26-12-4-3-6-19(26)24-18)15-7-9-16(10-8-15)23-17-11-13-25(14-17)22(28)29/h3-4,6-10,12,17,23H,2,5,11,13-14H2,1H3,(H,28,29). The number of fused-ring (bicyclic) bond motifs is 1. The molecule has 1 aromatic carbocycles. The molecular formula is C22H24N4O3. The van der Waals surface area contributed by atoms with Gasteiger partial charge < -0.3 is 15.3 Å². The van der Waals surface area contributed by atoms with Gasteiger partial charge in [0.05, 0.1) is 11.3 Å². The predicted molar refractivity (Wildman–Crippen MR) is 113 cm³/mol. The third kappa shape index (κ3) is 3.81.